The number of rotatable bonds is 5. The van der Waals surface area contributed by atoms with Crippen LogP contribution in [-0.2, 0) is 18.2 Å². The summed E-state index contributed by atoms with van der Waals surface area (Å²) in [6.45, 7) is 29.5. The largest absolute Gasteiger partial charge is 0.676 e. The Hall–Kier alpha value is 0.208. The van der Waals surface area contributed by atoms with Gasteiger partial charge in [0.1, 0.15) is 0 Å². The molecule has 0 radical (unpaired) electrons. The monoisotopic (exact) mass is 453 g/mol. The van der Waals surface area contributed by atoms with Gasteiger partial charge in [0.15, 0.2) is 0 Å². The molecule has 0 unspecified atom stereocenters. The molecule has 0 fully saturated rings. The summed E-state index contributed by atoms with van der Waals surface area (Å²) < 4.78 is 9.01. The normalized spacial score (nSPS) is 11.8. The Morgan fingerprint density at radius 1 is 0.769 bits per heavy atom. The summed E-state index contributed by atoms with van der Waals surface area (Å²) >= 11 is -0.473. The minimum Gasteiger partial charge on any atom is -0.676 e. The van der Waals surface area contributed by atoms with Gasteiger partial charge in [-0.1, -0.05) is 41.0 Å². The minimum absolute atomic E-state index is 0.108. The van der Waals surface area contributed by atoms with E-state index in [9.17, 15) is 0 Å². The average Bonchev–Trinajstić information content (AvgIpc) is 2.33. The van der Waals surface area contributed by atoms with Gasteiger partial charge in [-0.15, -0.1) is 12.1 Å². The van der Waals surface area contributed by atoms with E-state index >= 15 is 0 Å². The SMILES string of the molecule is CC(C)(C)[N]=[Mo]=[N]C(C)(C)C.CCC([N-]C(C)C)[N-]C(C)C.C[C-](C)C. The fourth-order valence-electron chi connectivity index (χ4n) is 1.20. The second kappa shape index (κ2) is 16.2. The summed E-state index contributed by atoms with van der Waals surface area (Å²) in [6, 6.07) is 0.810. The van der Waals surface area contributed by atoms with E-state index in [2.05, 4.69) is 115 Å². The van der Waals surface area contributed by atoms with Crippen molar-refractivity contribution < 1.29 is 18.2 Å². The average molecular weight is 452 g/mol. The van der Waals surface area contributed by atoms with Crippen molar-refractivity contribution in [3.05, 3.63) is 16.6 Å². The predicted molar refractivity (Wildman–Crippen MR) is 116 cm³/mol. The summed E-state index contributed by atoms with van der Waals surface area (Å²) in [5.74, 6) is 1.42. The van der Waals surface area contributed by atoms with Crippen molar-refractivity contribution in [2.75, 3.05) is 0 Å². The van der Waals surface area contributed by atoms with Crippen LogP contribution in [0.25, 0.3) is 10.6 Å². The first-order chi connectivity index (χ1) is 11.5. The van der Waals surface area contributed by atoms with Crippen LogP contribution >= 0.6 is 0 Å². The molecule has 0 N–H and O–H groups in total. The molecule has 0 bridgehead atoms. The molecule has 0 saturated carbocycles. The van der Waals surface area contributed by atoms with Crippen molar-refractivity contribution in [2.24, 2.45) is 6.99 Å². The maximum Gasteiger partial charge on any atom is -0.0684 e. The van der Waals surface area contributed by atoms with Crippen LogP contribution in [0.4, 0.5) is 0 Å². The van der Waals surface area contributed by atoms with Gasteiger partial charge in [-0.2, -0.15) is 20.8 Å². The molecule has 0 saturated heterocycles. The predicted octanol–water partition coefficient (Wildman–Crippen LogP) is 7.94. The summed E-state index contributed by atoms with van der Waals surface area (Å²) in [7, 11) is 0. The fraction of sp³-hybridized carbons (Fsp3) is 0.952. The second-order valence-corrected chi connectivity index (χ2v) is 10.8. The van der Waals surface area contributed by atoms with Gasteiger partial charge < -0.3 is 16.6 Å². The van der Waals surface area contributed by atoms with E-state index < -0.39 is 18.2 Å². The smallest absolute Gasteiger partial charge is 0.0684 e. The summed E-state index contributed by atoms with van der Waals surface area (Å²) in [5, 5.41) is 8.94. The van der Waals surface area contributed by atoms with Crippen molar-refractivity contribution in [1.29, 1.82) is 0 Å². The second-order valence-electron chi connectivity index (χ2n) is 9.48. The van der Waals surface area contributed by atoms with Gasteiger partial charge in [-0.05, 0) is 0 Å². The molecule has 0 aromatic rings. The van der Waals surface area contributed by atoms with Crippen LogP contribution in [0, 0.1) is 5.92 Å². The molecule has 0 atom stereocenters. The molecule has 0 spiro atoms. The molecular formula is C21H47MoN4-3. The first-order valence-electron chi connectivity index (χ1n) is 9.77. The van der Waals surface area contributed by atoms with Gasteiger partial charge in [0.05, 0.1) is 0 Å². The van der Waals surface area contributed by atoms with E-state index in [0.29, 0.717) is 12.1 Å². The van der Waals surface area contributed by atoms with Crippen LogP contribution in [0.15, 0.2) is 6.99 Å². The Labute approximate surface area is 174 Å². The van der Waals surface area contributed by atoms with Crippen molar-refractivity contribution >= 4 is 0 Å². The molecule has 4 nitrogen and oxygen atoms in total. The number of hydrogen-bond acceptors (Lipinski definition) is 2. The summed E-state index contributed by atoms with van der Waals surface area (Å²) in [5.41, 5.74) is 0.216. The summed E-state index contributed by atoms with van der Waals surface area (Å²) in [4.78, 5) is 0. The molecular weight excluding hydrogens is 404 g/mol. The van der Waals surface area contributed by atoms with E-state index in [1.807, 2.05) is 0 Å². The molecule has 0 aromatic carbocycles. The van der Waals surface area contributed by atoms with Crippen molar-refractivity contribution in [3.8, 4) is 0 Å². The van der Waals surface area contributed by atoms with Gasteiger partial charge in [-0.25, -0.2) is 6.17 Å². The third kappa shape index (κ3) is 39.3. The zero-order valence-corrected chi connectivity index (χ0v) is 22.1. The number of nitrogens with zero attached hydrogens (tertiary/aromatic N) is 4. The van der Waals surface area contributed by atoms with Gasteiger partial charge in [-0.3, -0.25) is 0 Å². The van der Waals surface area contributed by atoms with E-state index in [1.54, 1.807) is 0 Å². The first-order valence-corrected chi connectivity index (χ1v) is 11.6. The van der Waals surface area contributed by atoms with Crippen LogP contribution in [-0.4, -0.2) is 29.3 Å². The first kappa shape index (κ1) is 30.9. The van der Waals surface area contributed by atoms with Crippen LogP contribution in [0.5, 0.6) is 0 Å². The molecule has 26 heavy (non-hydrogen) atoms. The van der Waals surface area contributed by atoms with Crippen molar-refractivity contribution in [1.82, 2.24) is 0 Å². The Kier molecular flexibility index (Phi) is 19.3. The third-order valence-electron chi connectivity index (χ3n) is 1.93. The summed E-state index contributed by atoms with van der Waals surface area (Å²) in [6.07, 6.45) is 1.24. The standard InChI is InChI=1S/C9H20N2.2C4H9N.C4H9.Mo/c1-6-9(10-7(2)3)11-8(4)5;2*1-4(2,3)5;1-4(2)3;/h7-9H,6H2,1-5H3;2*1-3H3;1-3H3;/q-2;;;-1;. The van der Waals surface area contributed by atoms with Crippen LogP contribution in [0.2, 0.25) is 0 Å². The van der Waals surface area contributed by atoms with E-state index in [1.165, 1.54) is 5.92 Å². The molecule has 0 aromatic heterocycles. The molecule has 0 rings (SSSR count). The molecule has 0 amide bonds. The van der Waals surface area contributed by atoms with Gasteiger partial charge in [0.25, 0.3) is 0 Å². The molecule has 0 aliphatic carbocycles. The van der Waals surface area contributed by atoms with Crippen LogP contribution < -0.4 is 0 Å². The van der Waals surface area contributed by atoms with E-state index in [0.717, 1.165) is 6.42 Å². The fourth-order valence-corrected chi connectivity index (χ4v) is 2.51. The zero-order chi connectivity index (χ0) is 21.6. The van der Waals surface area contributed by atoms with E-state index in [-0.39, 0.29) is 17.2 Å². The molecule has 0 heterocycles. The Morgan fingerprint density at radius 2 is 1.04 bits per heavy atom. The molecule has 160 valence electrons. The Bertz CT molecular complexity index is 340. The maximum absolute atomic E-state index is 4.51. The third-order valence-corrected chi connectivity index (χ3v) is 5.03. The molecule has 0 aliphatic heterocycles. The zero-order valence-electron chi connectivity index (χ0n) is 20.1. The maximum atomic E-state index is 4.51. The quantitative estimate of drug-likeness (QED) is 0.301. The topological polar surface area (TPSA) is 52.9 Å². The molecule has 0 aliphatic rings. The van der Waals surface area contributed by atoms with Crippen LogP contribution in [0.1, 0.15) is 103 Å². The van der Waals surface area contributed by atoms with Gasteiger partial charge in [0, 0.05) is 0 Å². The van der Waals surface area contributed by atoms with Gasteiger partial charge >= 0.3 is 77.8 Å². The van der Waals surface area contributed by atoms with E-state index in [4.69, 9.17) is 0 Å². The van der Waals surface area contributed by atoms with Crippen molar-refractivity contribution in [2.45, 2.75) is 133 Å². The minimum atomic E-state index is -0.473. The Balaban J connectivity index is -0.000000338. The Morgan fingerprint density at radius 3 is 1.19 bits per heavy atom. The van der Waals surface area contributed by atoms with Crippen LogP contribution in [0.3, 0.4) is 0 Å². The van der Waals surface area contributed by atoms with Gasteiger partial charge in [0.2, 0.25) is 0 Å². The number of hydrogen-bond donors (Lipinski definition) is 0. The van der Waals surface area contributed by atoms with Crippen molar-refractivity contribution in [3.63, 3.8) is 0 Å². The molecule has 5 heteroatoms.